The molecule has 2 aromatic rings. The molecule has 0 atom stereocenters. The van der Waals surface area contributed by atoms with Gasteiger partial charge in [0.1, 0.15) is 12.0 Å². The van der Waals surface area contributed by atoms with E-state index in [1.807, 2.05) is 6.07 Å². The van der Waals surface area contributed by atoms with E-state index in [2.05, 4.69) is 5.16 Å². The molecule has 98 valence electrons. The van der Waals surface area contributed by atoms with Gasteiger partial charge in [0.15, 0.2) is 0 Å². The molecule has 6 heteroatoms. The van der Waals surface area contributed by atoms with Gasteiger partial charge in [-0.15, -0.1) is 0 Å². The highest BCUT2D eigenvalue weighted by molar-refractivity contribution is 5.69. The molecular formula is C13H12N2O4. The fourth-order valence-corrected chi connectivity index (χ4v) is 2.32. The number of phenols is 1. The van der Waals surface area contributed by atoms with E-state index in [-0.39, 0.29) is 12.3 Å². The molecule has 0 saturated carbocycles. The minimum Gasteiger partial charge on any atom is -0.508 e. The van der Waals surface area contributed by atoms with Gasteiger partial charge in [0.2, 0.25) is 0 Å². The highest BCUT2D eigenvalue weighted by atomic mass is 16.5. The number of hydrogen-bond donors (Lipinski definition) is 2. The van der Waals surface area contributed by atoms with Crippen molar-refractivity contribution in [3.63, 3.8) is 0 Å². The van der Waals surface area contributed by atoms with Gasteiger partial charge in [0.05, 0.1) is 12.7 Å². The molecule has 19 heavy (non-hydrogen) atoms. The maximum absolute atomic E-state index is 11.0. The Labute approximate surface area is 108 Å². The number of carbonyl (C=O) groups is 1. The Bertz CT molecular complexity index is 622. The lowest BCUT2D eigenvalue weighted by atomic mass is 9.95. The molecule has 0 fully saturated rings. The van der Waals surface area contributed by atoms with Crippen molar-refractivity contribution in [1.82, 2.24) is 10.1 Å². The van der Waals surface area contributed by atoms with Gasteiger partial charge < -0.3 is 19.6 Å². The first-order valence-corrected chi connectivity index (χ1v) is 5.87. The van der Waals surface area contributed by atoms with Gasteiger partial charge in [-0.3, -0.25) is 0 Å². The summed E-state index contributed by atoms with van der Waals surface area (Å²) in [6, 6.07) is 3.55. The number of benzene rings is 1. The van der Waals surface area contributed by atoms with Crippen molar-refractivity contribution in [2.75, 3.05) is 6.54 Å². The van der Waals surface area contributed by atoms with Crippen molar-refractivity contribution in [1.29, 1.82) is 0 Å². The molecular weight excluding hydrogens is 248 g/mol. The molecule has 0 spiro atoms. The van der Waals surface area contributed by atoms with E-state index in [0.717, 1.165) is 16.7 Å². The molecule has 1 aliphatic heterocycles. The van der Waals surface area contributed by atoms with Crippen molar-refractivity contribution in [2.45, 2.75) is 13.0 Å². The highest BCUT2D eigenvalue weighted by Crippen LogP contribution is 2.33. The third-order valence-electron chi connectivity index (χ3n) is 3.35. The Morgan fingerprint density at radius 2 is 2.21 bits per heavy atom. The van der Waals surface area contributed by atoms with Crippen molar-refractivity contribution in [3.05, 3.63) is 35.7 Å². The molecule has 1 aromatic heterocycles. The Balaban J connectivity index is 2.00. The molecule has 1 aliphatic rings. The van der Waals surface area contributed by atoms with Crippen LogP contribution in [0.25, 0.3) is 11.1 Å². The average Bonchev–Trinajstić information content (AvgIpc) is 2.92. The Kier molecular flexibility index (Phi) is 2.63. The van der Waals surface area contributed by atoms with Crippen molar-refractivity contribution >= 4 is 6.09 Å². The number of aromatic nitrogens is 1. The van der Waals surface area contributed by atoms with E-state index in [1.54, 1.807) is 12.3 Å². The van der Waals surface area contributed by atoms with Crippen LogP contribution in [-0.4, -0.2) is 32.9 Å². The summed E-state index contributed by atoms with van der Waals surface area (Å²) in [7, 11) is 0. The minimum absolute atomic E-state index is 0.111. The molecule has 1 aromatic carbocycles. The average molecular weight is 260 g/mol. The van der Waals surface area contributed by atoms with Gasteiger partial charge in [-0.2, -0.15) is 0 Å². The van der Waals surface area contributed by atoms with Crippen molar-refractivity contribution in [3.8, 4) is 16.9 Å². The molecule has 2 heterocycles. The van der Waals surface area contributed by atoms with E-state index in [4.69, 9.17) is 9.63 Å². The molecule has 6 nitrogen and oxygen atoms in total. The Hall–Kier alpha value is -2.50. The van der Waals surface area contributed by atoms with Gasteiger partial charge in [0, 0.05) is 17.7 Å². The summed E-state index contributed by atoms with van der Waals surface area (Å²) >= 11 is 0. The predicted molar refractivity (Wildman–Crippen MR) is 65.7 cm³/mol. The normalized spacial score (nSPS) is 14.2. The molecule has 0 saturated heterocycles. The Morgan fingerprint density at radius 1 is 1.37 bits per heavy atom. The SMILES string of the molecule is O=C(O)N1CCc2cc(-c3cnoc3)cc(O)c2C1. The van der Waals surface area contributed by atoms with Crippen LogP contribution in [0.4, 0.5) is 4.79 Å². The zero-order valence-electron chi connectivity index (χ0n) is 10.0. The fraction of sp³-hybridized carbons (Fsp3) is 0.231. The number of nitrogens with zero attached hydrogens (tertiary/aromatic N) is 2. The predicted octanol–water partition coefficient (Wildman–Crippen LogP) is 2.08. The monoisotopic (exact) mass is 260 g/mol. The van der Waals surface area contributed by atoms with Crippen LogP contribution in [0.5, 0.6) is 5.75 Å². The molecule has 0 aliphatic carbocycles. The molecule has 1 amide bonds. The second kappa shape index (κ2) is 4.31. The molecule has 0 bridgehead atoms. The van der Waals surface area contributed by atoms with E-state index in [0.29, 0.717) is 18.5 Å². The second-order valence-electron chi connectivity index (χ2n) is 4.50. The van der Waals surface area contributed by atoms with Crippen molar-refractivity contribution in [2.24, 2.45) is 0 Å². The number of carboxylic acid groups (broad SMARTS) is 1. The Morgan fingerprint density at radius 3 is 2.89 bits per heavy atom. The third-order valence-corrected chi connectivity index (χ3v) is 3.35. The summed E-state index contributed by atoms with van der Waals surface area (Å²) in [6.45, 7) is 0.662. The maximum atomic E-state index is 11.0. The van der Waals surface area contributed by atoms with Crippen LogP contribution in [-0.2, 0) is 13.0 Å². The number of amides is 1. The van der Waals surface area contributed by atoms with Gasteiger partial charge in [-0.25, -0.2) is 4.79 Å². The maximum Gasteiger partial charge on any atom is 0.407 e. The van der Waals surface area contributed by atoms with Gasteiger partial charge in [-0.1, -0.05) is 11.2 Å². The third kappa shape index (κ3) is 2.01. The summed E-state index contributed by atoms with van der Waals surface area (Å²) in [6.07, 6.45) is 2.71. The summed E-state index contributed by atoms with van der Waals surface area (Å²) < 4.78 is 4.78. The number of hydrogen-bond acceptors (Lipinski definition) is 4. The van der Waals surface area contributed by atoms with E-state index in [1.165, 1.54) is 11.2 Å². The van der Waals surface area contributed by atoms with E-state index in [9.17, 15) is 9.90 Å². The van der Waals surface area contributed by atoms with Gasteiger partial charge >= 0.3 is 6.09 Å². The van der Waals surface area contributed by atoms with Gasteiger partial charge in [0.25, 0.3) is 0 Å². The first-order chi connectivity index (χ1) is 9.15. The molecule has 3 rings (SSSR count). The quantitative estimate of drug-likeness (QED) is 0.819. The van der Waals surface area contributed by atoms with Gasteiger partial charge in [-0.05, 0) is 23.6 Å². The summed E-state index contributed by atoms with van der Waals surface area (Å²) in [5.41, 5.74) is 3.25. The fourth-order valence-electron chi connectivity index (χ4n) is 2.32. The number of rotatable bonds is 1. The molecule has 0 radical (unpaired) electrons. The zero-order valence-corrected chi connectivity index (χ0v) is 10.0. The van der Waals surface area contributed by atoms with Crippen LogP contribution in [0, 0.1) is 0 Å². The lowest BCUT2D eigenvalue weighted by Gasteiger charge is -2.27. The topological polar surface area (TPSA) is 86.8 Å². The highest BCUT2D eigenvalue weighted by Gasteiger charge is 2.23. The molecule has 0 unspecified atom stereocenters. The largest absolute Gasteiger partial charge is 0.508 e. The second-order valence-corrected chi connectivity index (χ2v) is 4.50. The number of phenolic OH excluding ortho intramolecular Hbond substituents is 1. The number of fused-ring (bicyclic) bond motifs is 1. The first kappa shape index (κ1) is 11.6. The molecule has 2 N–H and O–H groups in total. The van der Waals surface area contributed by atoms with Crippen LogP contribution >= 0.6 is 0 Å². The van der Waals surface area contributed by atoms with Crippen LogP contribution in [0.3, 0.4) is 0 Å². The lowest BCUT2D eigenvalue weighted by molar-refractivity contribution is 0.139. The summed E-state index contributed by atoms with van der Waals surface area (Å²) in [5.74, 6) is 0.111. The minimum atomic E-state index is -0.965. The number of aromatic hydroxyl groups is 1. The van der Waals surface area contributed by atoms with Crippen LogP contribution in [0.15, 0.2) is 29.1 Å². The van der Waals surface area contributed by atoms with Crippen LogP contribution in [0.1, 0.15) is 11.1 Å². The van der Waals surface area contributed by atoms with Crippen LogP contribution < -0.4 is 0 Å². The smallest absolute Gasteiger partial charge is 0.407 e. The summed E-state index contributed by atoms with van der Waals surface area (Å²) in [4.78, 5) is 12.2. The summed E-state index contributed by atoms with van der Waals surface area (Å²) in [5, 5.41) is 22.7. The van der Waals surface area contributed by atoms with E-state index < -0.39 is 6.09 Å². The van der Waals surface area contributed by atoms with E-state index >= 15 is 0 Å². The lowest BCUT2D eigenvalue weighted by Crippen LogP contribution is -2.34. The standard InChI is InChI=1S/C13H12N2O4/c16-12-4-9(10-5-14-19-7-10)3-8-1-2-15(13(17)18)6-11(8)12/h3-5,7,16H,1-2,6H2,(H,17,18). The zero-order chi connectivity index (χ0) is 13.4. The first-order valence-electron chi connectivity index (χ1n) is 5.87. The van der Waals surface area contributed by atoms with Crippen LogP contribution in [0.2, 0.25) is 0 Å². The van der Waals surface area contributed by atoms with Crippen molar-refractivity contribution < 1.29 is 19.5 Å².